The van der Waals surface area contributed by atoms with Crippen molar-refractivity contribution >= 4 is 17.9 Å². The molecule has 1 atom stereocenters. The predicted molar refractivity (Wildman–Crippen MR) is 86.4 cm³/mol. The molecule has 1 amide bonds. The molecule has 0 spiro atoms. The molecule has 1 saturated carbocycles. The summed E-state index contributed by atoms with van der Waals surface area (Å²) in [4.78, 5) is 11.7. The molecular weight excluding hydrogens is 272 g/mol. The average molecular weight is 302 g/mol. The first kappa shape index (κ1) is 17.6. The fourth-order valence-electron chi connectivity index (χ4n) is 2.07. The molecule has 0 aliphatic heterocycles. The molecule has 4 nitrogen and oxygen atoms in total. The molecule has 0 aromatic heterocycles. The number of hydrogen-bond donors (Lipinski definition) is 2. The Labute approximate surface area is 127 Å². The van der Waals surface area contributed by atoms with E-state index < -0.39 is 5.60 Å². The van der Waals surface area contributed by atoms with Crippen molar-refractivity contribution in [2.75, 3.05) is 25.1 Å². The van der Waals surface area contributed by atoms with Gasteiger partial charge in [-0.1, -0.05) is 0 Å². The van der Waals surface area contributed by atoms with Gasteiger partial charge in [0.15, 0.2) is 0 Å². The van der Waals surface area contributed by atoms with Gasteiger partial charge in [0.2, 0.25) is 0 Å². The highest BCUT2D eigenvalue weighted by molar-refractivity contribution is 7.98. The van der Waals surface area contributed by atoms with Gasteiger partial charge in [-0.05, 0) is 70.9 Å². The molecule has 0 saturated heterocycles. The van der Waals surface area contributed by atoms with Gasteiger partial charge in [-0.25, -0.2) is 4.79 Å². The van der Waals surface area contributed by atoms with Gasteiger partial charge in [0, 0.05) is 12.6 Å². The summed E-state index contributed by atoms with van der Waals surface area (Å²) in [6.07, 6.45) is 6.84. The van der Waals surface area contributed by atoms with Crippen LogP contribution in [0.4, 0.5) is 4.79 Å². The van der Waals surface area contributed by atoms with Gasteiger partial charge >= 0.3 is 6.09 Å². The Bertz CT molecular complexity index is 288. The van der Waals surface area contributed by atoms with Crippen LogP contribution in [0.2, 0.25) is 0 Å². The van der Waals surface area contributed by atoms with Gasteiger partial charge in [-0.3, -0.25) is 0 Å². The highest BCUT2D eigenvalue weighted by Gasteiger charge is 2.31. The second-order valence-electron chi connectivity index (χ2n) is 6.48. The van der Waals surface area contributed by atoms with Gasteiger partial charge in [-0.2, -0.15) is 11.8 Å². The zero-order chi connectivity index (χ0) is 15.0. The number of carbonyl (C=O) groups is 1. The van der Waals surface area contributed by atoms with Crippen molar-refractivity contribution in [2.45, 2.75) is 58.1 Å². The van der Waals surface area contributed by atoms with Crippen LogP contribution < -0.4 is 10.6 Å². The molecule has 1 rings (SSSR count). The van der Waals surface area contributed by atoms with Crippen molar-refractivity contribution in [1.82, 2.24) is 10.6 Å². The number of hydrogen-bond acceptors (Lipinski definition) is 4. The maximum Gasteiger partial charge on any atom is 0.407 e. The second-order valence-corrected chi connectivity index (χ2v) is 7.47. The summed E-state index contributed by atoms with van der Waals surface area (Å²) in [5.74, 6) is 1.96. The van der Waals surface area contributed by atoms with Gasteiger partial charge < -0.3 is 15.4 Å². The average Bonchev–Trinajstić information content (AvgIpc) is 3.14. The number of unbranched alkanes of at least 4 members (excludes halogenated alkanes) is 1. The molecule has 0 heterocycles. The maximum atomic E-state index is 11.7. The SMILES string of the molecule is CSCCCCNC(CNC(=O)OC(C)(C)C)C1CC1. The number of thioether (sulfide) groups is 1. The van der Waals surface area contributed by atoms with E-state index in [-0.39, 0.29) is 6.09 Å². The van der Waals surface area contributed by atoms with Gasteiger partial charge in [0.25, 0.3) is 0 Å². The van der Waals surface area contributed by atoms with Crippen molar-refractivity contribution in [2.24, 2.45) is 5.92 Å². The minimum absolute atomic E-state index is 0.313. The molecule has 1 unspecified atom stereocenters. The maximum absolute atomic E-state index is 11.7. The Morgan fingerprint density at radius 1 is 1.35 bits per heavy atom. The minimum Gasteiger partial charge on any atom is -0.444 e. The third-order valence-corrected chi connectivity index (χ3v) is 3.93. The van der Waals surface area contributed by atoms with E-state index in [9.17, 15) is 4.79 Å². The van der Waals surface area contributed by atoms with Crippen LogP contribution in [0.3, 0.4) is 0 Å². The third-order valence-electron chi connectivity index (χ3n) is 3.24. The molecule has 0 aromatic rings. The summed E-state index contributed by atoms with van der Waals surface area (Å²) >= 11 is 1.90. The Hall–Kier alpha value is -0.420. The Morgan fingerprint density at radius 3 is 2.60 bits per heavy atom. The van der Waals surface area contributed by atoms with E-state index in [0.29, 0.717) is 12.6 Å². The summed E-state index contributed by atoms with van der Waals surface area (Å²) in [7, 11) is 0. The van der Waals surface area contributed by atoms with Crippen molar-refractivity contribution < 1.29 is 9.53 Å². The topological polar surface area (TPSA) is 50.4 Å². The highest BCUT2D eigenvalue weighted by atomic mass is 32.2. The normalized spacial score (nSPS) is 16.8. The fraction of sp³-hybridized carbons (Fsp3) is 0.933. The van der Waals surface area contributed by atoms with Crippen LogP contribution in [0.5, 0.6) is 0 Å². The van der Waals surface area contributed by atoms with Crippen LogP contribution in [0.25, 0.3) is 0 Å². The number of ether oxygens (including phenoxy) is 1. The highest BCUT2D eigenvalue weighted by Crippen LogP contribution is 2.32. The summed E-state index contributed by atoms with van der Waals surface area (Å²) in [6.45, 7) is 7.36. The van der Waals surface area contributed by atoms with Crippen molar-refractivity contribution in [3.63, 3.8) is 0 Å². The molecular formula is C15H30N2O2S. The molecule has 20 heavy (non-hydrogen) atoms. The summed E-state index contributed by atoms with van der Waals surface area (Å²) in [5.41, 5.74) is -0.426. The van der Waals surface area contributed by atoms with Crippen LogP contribution in [0.1, 0.15) is 46.5 Å². The van der Waals surface area contributed by atoms with Crippen molar-refractivity contribution in [1.29, 1.82) is 0 Å². The van der Waals surface area contributed by atoms with Crippen LogP contribution >= 0.6 is 11.8 Å². The van der Waals surface area contributed by atoms with E-state index in [4.69, 9.17) is 4.74 Å². The zero-order valence-corrected chi connectivity index (χ0v) is 14.1. The lowest BCUT2D eigenvalue weighted by molar-refractivity contribution is 0.0521. The Kier molecular flexibility index (Phi) is 7.74. The van der Waals surface area contributed by atoms with Crippen molar-refractivity contribution in [3.05, 3.63) is 0 Å². The monoisotopic (exact) mass is 302 g/mol. The third kappa shape index (κ3) is 8.69. The largest absolute Gasteiger partial charge is 0.444 e. The molecule has 1 fully saturated rings. The number of carbonyl (C=O) groups excluding carboxylic acids is 1. The van der Waals surface area contributed by atoms with E-state index in [1.165, 1.54) is 31.4 Å². The van der Waals surface area contributed by atoms with Gasteiger partial charge in [0.05, 0.1) is 0 Å². The standard InChI is InChI=1S/C15H30N2O2S/c1-15(2,3)19-14(18)17-11-13(12-7-8-12)16-9-5-6-10-20-4/h12-13,16H,5-11H2,1-4H3,(H,17,18). The first-order chi connectivity index (χ1) is 9.42. The molecule has 0 radical (unpaired) electrons. The molecule has 1 aliphatic rings. The molecule has 0 bridgehead atoms. The number of alkyl carbamates (subject to hydrolysis) is 1. The molecule has 1 aliphatic carbocycles. The smallest absolute Gasteiger partial charge is 0.407 e. The van der Waals surface area contributed by atoms with Crippen LogP contribution in [-0.4, -0.2) is 42.8 Å². The van der Waals surface area contributed by atoms with Crippen LogP contribution in [0, 0.1) is 5.92 Å². The minimum atomic E-state index is -0.426. The molecule has 0 aromatic carbocycles. The predicted octanol–water partition coefficient (Wildman–Crippen LogP) is 3.02. The summed E-state index contributed by atoms with van der Waals surface area (Å²) in [6, 6.07) is 0.400. The summed E-state index contributed by atoms with van der Waals surface area (Å²) in [5, 5.41) is 6.46. The number of amides is 1. The van der Waals surface area contributed by atoms with Crippen LogP contribution in [-0.2, 0) is 4.74 Å². The second kappa shape index (κ2) is 8.78. The van der Waals surface area contributed by atoms with Crippen molar-refractivity contribution in [3.8, 4) is 0 Å². The first-order valence-corrected chi connectivity index (χ1v) is 9.01. The Morgan fingerprint density at radius 2 is 2.05 bits per heavy atom. The molecule has 2 N–H and O–H groups in total. The van der Waals surface area contributed by atoms with E-state index in [1.54, 1.807) is 0 Å². The number of nitrogens with one attached hydrogen (secondary N) is 2. The van der Waals surface area contributed by atoms with Crippen LogP contribution in [0.15, 0.2) is 0 Å². The Balaban J connectivity index is 2.17. The molecule has 118 valence electrons. The van der Waals surface area contributed by atoms with E-state index in [0.717, 1.165) is 12.5 Å². The lowest BCUT2D eigenvalue weighted by Gasteiger charge is -2.22. The van der Waals surface area contributed by atoms with E-state index >= 15 is 0 Å². The fourth-order valence-corrected chi connectivity index (χ4v) is 2.56. The van der Waals surface area contributed by atoms with E-state index in [2.05, 4.69) is 16.9 Å². The lowest BCUT2D eigenvalue weighted by Crippen LogP contribution is -2.44. The lowest BCUT2D eigenvalue weighted by atomic mass is 10.1. The summed E-state index contributed by atoms with van der Waals surface area (Å²) < 4.78 is 5.27. The first-order valence-electron chi connectivity index (χ1n) is 7.61. The quantitative estimate of drug-likeness (QED) is 0.643. The number of rotatable bonds is 9. The van der Waals surface area contributed by atoms with Gasteiger partial charge in [-0.15, -0.1) is 0 Å². The van der Waals surface area contributed by atoms with Gasteiger partial charge in [0.1, 0.15) is 5.60 Å². The van der Waals surface area contributed by atoms with E-state index in [1.807, 2.05) is 32.5 Å². The zero-order valence-electron chi connectivity index (χ0n) is 13.3. The molecule has 5 heteroatoms.